The van der Waals surface area contributed by atoms with Crippen LogP contribution in [0, 0.1) is 0 Å². The highest BCUT2D eigenvalue weighted by atomic mass is 16.6. The Hall–Kier alpha value is -2.11. The lowest BCUT2D eigenvalue weighted by atomic mass is 9.98. The highest BCUT2D eigenvalue weighted by molar-refractivity contribution is 6.11. The van der Waals surface area contributed by atoms with Crippen molar-refractivity contribution >= 4 is 5.78 Å². The van der Waals surface area contributed by atoms with Crippen molar-refractivity contribution < 1.29 is 28.8 Å². The summed E-state index contributed by atoms with van der Waals surface area (Å²) in [6.45, 7) is 3.27. The Balaban J connectivity index is 2.84. The maximum atomic E-state index is 12.3. The minimum atomic E-state index is -1.04. The number of phenolic OH excluding ortho intramolecular Hbond substituents is 1. The second-order valence-electron chi connectivity index (χ2n) is 4.59. The van der Waals surface area contributed by atoms with Gasteiger partial charge in [0.15, 0.2) is 17.1 Å². The molecule has 0 unspecified atom stereocenters. The Morgan fingerprint density at radius 3 is 2.00 bits per heavy atom. The predicted molar refractivity (Wildman–Crippen MR) is 66.8 cm³/mol. The molecule has 0 bridgehead atoms. The molecule has 0 spiro atoms. The van der Waals surface area contributed by atoms with E-state index in [0.29, 0.717) is 0 Å². The zero-order chi connectivity index (χ0) is 14.4. The molecule has 1 aliphatic heterocycles. The van der Waals surface area contributed by atoms with Crippen molar-refractivity contribution in [1.29, 1.82) is 0 Å². The third-order valence-electron chi connectivity index (χ3n) is 3.04. The average molecular weight is 268 g/mol. The van der Waals surface area contributed by atoms with Crippen LogP contribution < -0.4 is 18.9 Å². The Morgan fingerprint density at radius 2 is 1.53 bits per heavy atom. The number of benzene rings is 1. The van der Waals surface area contributed by atoms with Gasteiger partial charge in [-0.25, -0.2) is 0 Å². The fraction of sp³-hybridized carbons (Fsp3) is 0.462. The molecule has 0 radical (unpaired) electrons. The van der Waals surface area contributed by atoms with Gasteiger partial charge in [-0.05, 0) is 13.8 Å². The van der Waals surface area contributed by atoms with Crippen LogP contribution in [0.4, 0.5) is 0 Å². The zero-order valence-electron chi connectivity index (χ0n) is 11.5. The van der Waals surface area contributed by atoms with Crippen LogP contribution >= 0.6 is 0 Å². The lowest BCUT2D eigenvalue weighted by Crippen LogP contribution is -2.32. The fourth-order valence-corrected chi connectivity index (χ4v) is 2.13. The van der Waals surface area contributed by atoms with Crippen molar-refractivity contribution in [3.05, 3.63) is 5.56 Å². The summed E-state index contributed by atoms with van der Waals surface area (Å²) >= 11 is 0. The summed E-state index contributed by atoms with van der Waals surface area (Å²) in [4.78, 5) is 12.3. The number of Topliss-reactive ketones (excluding diaryl/α,β-unsaturated/α-hetero) is 1. The van der Waals surface area contributed by atoms with Gasteiger partial charge in [-0.3, -0.25) is 4.79 Å². The van der Waals surface area contributed by atoms with Crippen molar-refractivity contribution in [3.63, 3.8) is 0 Å². The first kappa shape index (κ1) is 13.3. The highest BCUT2D eigenvalue weighted by Gasteiger charge is 2.46. The molecule has 0 atom stereocenters. The third-order valence-corrected chi connectivity index (χ3v) is 3.04. The van der Waals surface area contributed by atoms with Gasteiger partial charge in [0.2, 0.25) is 23.0 Å². The number of hydrogen-bond acceptors (Lipinski definition) is 6. The predicted octanol–water partition coefficient (Wildman–Crippen LogP) is 1.77. The minimum Gasteiger partial charge on any atom is -0.501 e. The highest BCUT2D eigenvalue weighted by Crippen LogP contribution is 2.56. The van der Waals surface area contributed by atoms with Gasteiger partial charge in [0.25, 0.3) is 0 Å². The first-order valence-corrected chi connectivity index (χ1v) is 5.67. The fourth-order valence-electron chi connectivity index (χ4n) is 2.13. The molecule has 0 saturated carbocycles. The number of carbonyl (C=O) groups excluding carboxylic acids is 1. The number of hydrogen-bond donors (Lipinski definition) is 1. The van der Waals surface area contributed by atoms with Gasteiger partial charge in [0.1, 0.15) is 5.56 Å². The lowest BCUT2D eigenvalue weighted by molar-refractivity contribution is 0.0677. The SMILES string of the molecule is COc1c(O)c(OC)c2c(c1OC)C(=O)C(C)(C)O2. The van der Waals surface area contributed by atoms with Crippen LogP contribution in [0.1, 0.15) is 24.2 Å². The molecule has 1 aromatic carbocycles. The van der Waals surface area contributed by atoms with E-state index in [1.807, 2.05) is 0 Å². The van der Waals surface area contributed by atoms with Crippen LogP contribution in [0.2, 0.25) is 0 Å². The summed E-state index contributed by atoms with van der Waals surface area (Å²) in [5.41, 5.74) is -0.819. The van der Waals surface area contributed by atoms with Crippen molar-refractivity contribution in [3.8, 4) is 28.7 Å². The van der Waals surface area contributed by atoms with E-state index in [0.717, 1.165) is 0 Å². The van der Waals surface area contributed by atoms with Crippen molar-refractivity contribution in [2.75, 3.05) is 21.3 Å². The van der Waals surface area contributed by atoms with E-state index < -0.39 is 5.60 Å². The van der Waals surface area contributed by atoms with E-state index in [1.54, 1.807) is 13.8 Å². The first-order valence-electron chi connectivity index (χ1n) is 5.67. The van der Waals surface area contributed by atoms with E-state index in [2.05, 4.69) is 0 Å². The molecule has 6 nitrogen and oxygen atoms in total. The molecule has 0 aromatic heterocycles. The molecule has 1 aliphatic rings. The van der Waals surface area contributed by atoms with Crippen LogP contribution in [0.25, 0.3) is 0 Å². The van der Waals surface area contributed by atoms with Crippen LogP contribution in [0.3, 0.4) is 0 Å². The maximum absolute atomic E-state index is 12.3. The van der Waals surface area contributed by atoms with Gasteiger partial charge >= 0.3 is 0 Å². The Labute approximate surface area is 110 Å². The average Bonchev–Trinajstić information content (AvgIpc) is 2.59. The van der Waals surface area contributed by atoms with E-state index in [-0.39, 0.29) is 40.1 Å². The number of ether oxygens (including phenoxy) is 4. The summed E-state index contributed by atoms with van der Waals surface area (Å²) < 4.78 is 21.0. The zero-order valence-corrected chi connectivity index (χ0v) is 11.5. The summed E-state index contributed by atoms with van der Waals surface area (Å²) in [5, 5.41) is 10.1. The number of fused-ring (bicyclic) bond motifs is 1. The molecule has 0 amide bonds. The second-order valence-corrected chi connectivity index (χ2v) is 4.59. The summed E-state index contributed by atoms with van der Waals surface area (Å²) in [5.74, 6) is -0.0830. The van der Waals surface area contributed by atoms with Gasteiger partial charge in [-0.1, -0.05) is 0 Å². The second kappa shape index (κ2) is 4.22. The molecule has 0 saturated heterocycles. The number of phenols is 1. The van der Waals surface area contributed by atoms with Gasteiger partial charge in [-0.15, -0.1) is 0 Å². The molecular weight excluding hydrogens is 252 g/mol. The van der Waals surface area contributed by atoms with Gasteiger partial charge in [0.05, 0.1) is 21.3 Å². The largest absolute Gasteiger partial charge is 0.501 e. The van der Waals surface area contributed by atoms with Crippen LogP contribution in [0.5, 0.6) is 28.7 Å². The Bertz CT molecular complexity index is 547. The van der Waals surface area contributed by atoms with Crippen molar-refractivity contribution in [2.24, 2.45) is 0 Å². The van der Waals surface area contributed by atoms with Crippen molar-refractivity contribution in [2.45, 2.75) is 19.4 Å². The number of rotatable bonds is 3. The molecular formula is C13H16O6. The Morgan fingerprint density at radius 1 is 1.00 bits per heavy atom. The molecule has 1 aromatic rings. The van der Waals surface area contributed by atoms with Crippen molar-refractivity contribution in [1.82, 2.24) is 0 Å². The van der Waals surface area contributed by atoms with Crippen LogP contribution in [-0.2, 0) is 0 Å². The molecule has 0 aliphatic carbocycles. The molecule has 104 valence electrons. The van der Waals surface area contributed by atoms with E-state index in [9.17, 15) is 9.90 Å². The number of aromatic hydroxyl groups is 1. The first-order chi connectivity index (χ1) is 8.88. The normalized spacial score (nSPS) is 15.7. The van der Waals surface area contributed by atoms with E-state index >= 15 is 0 Å². The smallest absolute Gasteiger partial charge is 0.213 e. The molecule has 0 fully saturated rings. The summed E-state index contributed by atoms with van der Waals surface area (Å²) in [6, 6.07) is 0. The summed E-state index contributed by atoms with van der Waals surface area (Å²) in [6.07, 6.45) is 0. The summed E-state index contributed by atoms with van der Waals surface area (Å²) in [7, 11) is 4.14. The molecule has 6 heteroatoms. The Kier molecular flexibility index (Phi) is 2.96. The lowest BCUT2D eigenvalue weighted by Gasteiger charge is -2.17. The number of carbonyl (C=O) groups is 1. The monoisotopic (exact) mass is 268 g/mol. The molecule has 19 heavy (non-hydrogen) atoms. The van der Waals surface area contributed by atoms with Gasteiger partial charge in [0, 0.05) is 0 Å². The molecule has 1 heterocycles. The van der Waals surface area contributed by atoms with Gasteiger partial charge < -0.3 is 24.1 Å². The number of ketones is 1. The van der Waals surface area contributed by atoms with Crippen LogP contribution in [0.15, 0.2) is 0 Å². The minimum absolute atomic E-state index is 0.0488. The standard InChI is InChI=1S/C13H16O6/c1-13(2)12(15)6-8(16-3)10(17-4)7(14)11(18-5)9(6)19-13/h14H,1-5H3. The topological polar surface area (TPSA) is 74.2 Å². The third kappa shape index (κ3) is 1.67. The van der Waals surface area contributed by atoms with Gasteiger partial charge in [-0.2, -0.15) is 0 Å². The number of methoxy groups -OCH3 is 3. The van der Waals surface area contributed by atoms with E-state index in [4.69, 9.17) is 18.9 Å². The maximum Gasteiger partial charge on any atom is 0.213 e. The molecule has 2 rings (SSSR count). The van der Waals surface area contributed by atoms with E-state index in [1.165, 1.54) is 21.3 Å². The van der Waals surface area contributed by atoms with Crippen LogP contribution in [-0.4, -0.2) is 37.8 Å². The molecule has 1 N–H and O–H groups in total. The quantitative estimate of drug-likeness (QED) is 0.900.